The molecule has 0 saturated heterocycles. The molecule has 4 rings (SSSR count). The molecule has 1 aromatic carbocycles. The van der Waals surface area contributed by atoms with Crippen LogP contribution in [-0.4, -0.2) is 16.2 Å². The van der Waals surface area contributed by atoms with Crippen LogP contribution >= 0.6 is 23.1 Å². The van der Waals surface area contributed by atoms with E-state index in [0.29, 0.717) is 17.6 Å². The van der Waals surface area contributed by atoms with Crippen molar-refractivity contribution >= 4 is 40.4 Å². The van der Waals surface area contributed by atoms with E-state index < -0.39 is 0 Å². The smallest absolute Gasteiger partial charge is 0.227 e. The van der Waals surface area contributed by atoms with Crippen LogP contribution in [0, 0.1) is 18.3 Å². The molecule has 0 amide bonds. The number of thioether (sulfide) groups is 1. The van der Waals surface area contributed by atoms with Crippen LogP contribution in [-0.2, 0) is 0 Å². The van der Waals surface area contributed by atoms with Gasteiger partial charge in [0, 0.05) is 17.6 Å². The van der Waals surface area contributed by atoms with Crippen molar-refractivity contribution in [2.45, 2.75) is 49.2 Å². The molecule has 3 aromatic rings. The number of thiophene rings is 1. The fraction of sp³-hybridized carbons (Fsp3) is 0.348. The normalized spacial score (nSPS) is 14.4. The molecule has 1 aliphatic rings. The Hall–Kier alpha value is -2.56. The molecular formula is C23H25N5S2. The molecule has 0 atom stereocenters. The summed E-state index contributed by atoms with van der Waals surface area (Å²) in [4.78, 5) is 10.5. The van der Waals surface area contributed by atoms with Crippen LogP contribution < -0.4 is 11.1 Å². The van der Waals surface area contributed by atoms with Gasteiger partial charge in [0.1, 0.15) is 6.07 Å². The van der Waals surface area contributed by atoms with Gasteiger partial charge in [-0.2, -0.15) is 5.26 Å². The van der Waals surface area contributed by atoms with Gasteiger partial charge in [0.25, 0.3) is 0 Å². The van der Waals surface area contributed by atoms with Crippen LogP contribution in [0.4, 0.5) is 17.3 Å². The number of hydrogen-bond acceptors (Lipinski definition) is 7. The zero-order valence-electron chi connectivity index (χ0n) is 17.2. The van der Waals surface area contributed by atoms with Crippen molar-refractivity contribution < 1.29 is 0 Å². The summed E-state index contributed by atoms with van der Waals surface area (Å²) in [7, 11) is 0. The Kier molecular flexibility index (Phi) is 6.26. The standard InChI is InChI=1S/C23H25N5S2/c1-14-13-26-23(27-17-10-6-9-16(25)11-17)28-20(14)21-19(15-7-4-3-5-8-15)18(12-24)22(29-2)30-21/h6,9-11,13,15H,3-5,7-8,25H2,1-2H3,(H,26,27,28). The largest absolute Gasteiger partial charge is 0.399 e. The Labute approximate surface area is 185 Å². The zero-order chi connectivity index (χ0) is 21.1. The highest BCUT2D eigenvalue weighted by molar-refractivity contribution is 8.00. The maximum atomic E-state index is 9.95. The van der Waals surface area contributed by atoms with Crippen LogP contribution in [0.5, 0.6) is 0 Å². The lowest BCUT2D eigenvalue weighted by molar-refractivity contribution is 0.444. The monoisotopic (exact) mass is 435 g/mol. The minimum absolute atomic E-state index is 0.431. The third-order valence-electron chi connectivity index (χ3n) is 5.55. The number of aryl methyl sites for hydroxylation is 1. The Balaban J connectivity index is 1.79. The lowest BCUT2D eigenvalue weighted by Crippen LogP contribution is -2.07. The third-order valence-corrected chi connectivity index (χ3v) is 7.88. The van der Waals surface area contributed by atoms with E-state index in [2.05, 4.69) is 16.4 Å². The Morgan fingerprint density at radius 3 is 2.77 bits per heavy atom. The number of nitrogens with zero attached hydrogens (tertiary/aromatic N) is 3. The minimum atomic E-state index is 0.431. The molecule has 1 saturated carbocycles. The summed E-state index contributed by atoms with van der Waals surface area (Å²) in [6.07, 6.45) is 9.92. The summed E-state index contributed by atoms with van der Waals surface area (Å²) in [5.41, 5.74) is 11.4. The lowest BCUT2D eigenvalue weighted by Gasteiger charge is -2.23. The number of hydrogen-bond donors (Lipinski definition) is 2. The van der Waals surface area contributed by atoms with Crippen molar-refractivity contribution in [3.63, 3.8) is 0 Å². The van der Waals surface area contributed by atoms with E-state index >= 15 is 0 Å². The lowest BCUT2D eigenvalue weighted by atomic mass is 9.82. The molecule has 0 spiro atoms. The van der Waals surface area contributed by atoms with Crippen LogP contribution in [0.2, 0.25) is 0 Å². The number of aromatic nitrogens is 2. The minimum Gasteiger partial charge on any atom is -0.399 e. The molecule has 7 heteroatoms. The van der Waals surface area contributed by atoms with Crippen LogP contribution in [0.1, 0.15) is 54.7 Å². The van der Waals surface area contributed by atoms with Crippen molar-refractivity contribution in [2.24, 2.45) is 0 Å². The number of nitrogen functional groups attached to an aromatic ring is 1. The Morgan fingerprint density at radius 2 is 2.07 bits per heavy atom. The molecule has 0 bridgehead atoms. The predicted molar refractivity (Wildman–Crippen MR) is 127 cm³/mol. The number of nitrogens with one attached hydrogen (secondary N) is 1. The van der Waals surface area contributed by atoms with E-state index in [9.17, 15) is 5.26 Å². The van der Waals surface area contributed by atoms with E-state index in [4.69, 9.17) is 10.7 Å². The molecule has 30 heavy (non-hydrogen) atoms. The van der Waals surface area contributed by atoms with Crippen LogP contribution in [0.25, 0.3) is 10.6 Å². The van der Waals surface area contributed by atoms with Crippen LogP contribution in [0.15, 0.2) is 34.7 Å². The molecule has 154 valence electrons. The second-order valence-electron chi connectivity index (χ2n) is 7.63. The van der Waals surface area contributed by atoms with Gasteiger partial charge in [-0.15, -0.1) is 23.1 Å². The van der Waals surface area contributed by atoms with Crippen molar-refractivity contribution in [2.75, 3.05) is 17.3 Å². The van der Waals surface area contributed by atoms with Gasteiger partial charge < -0.3 is 11.1 Å². The average Bonchev–Trinajstić information content (AvgIpc) is 3.14. The molecule has 3 N–H and O–H groups in total. The first-order valence-corrected chi connectivity index (χ1v) is 12.2. The summed E-state index contributed by atoms with van der Waals surface area (Å²) in [6, 6.07) is 10.1. The molecule has 0 radical (unpaired) electrons. The van der Waals surface area contributed by atoms with Gasteiger partial charge in [0.2, 0.25) is 5.95 Å². The topological polar surface area (TPSA) is 87.6 Å². The predicted octanol–water partition coefficient (Wildman–Crippen LogP) is 6.48. The number of nitriles is 1. The second kappa shape index (κ2) is 9.07. The molecule has 2 heterocycles. The van der Waals surface area contributed by atoms with E-state index in [1.54, 1.807) is 23.1 Å². The quantitative estimate of drug-likeness (QED) is 0.352. The summed E-state index contributed by atoms with van der Waals surface area (Å²) in [5, 5.41) is 13.2. The van der Waals surface area contributed by atoms with E-state index in [1.807, 2.05) is 43.6 Å². The highest BCUT2D eigenvalue weighted by Crippen LogP contribution is 2.48. The number of nitrogens with two attached hydrogens (primary N) is 1. The van der Waals surface area contributed by atoms with E-state index in [0.717, 1.165) is 44.4 Å². The molecule has 5 nitrogen and oxygen atoms in total. The number of benzene rings is 1. The van der Waals surface area contributed by atoms with Gasteiger partial charge in [0.15, 0.2) is 0 Å². The summed E-state index contributed by atoms with van der Waals surface area (Å²) >= 11 is 3.34. The summed E-state index contributed by atoms with van der Waals surface area (Å²) < 4.78 is 1.08. The molecule has 0 aliphatic heterocycles. The van der Waals surface area contributed by atoms with Crippen molar-refractivity contribution in [3.05, 3.63) is 47.2 Å². The van der Waals surface area contributed by atoms with E-state index in [-0.39, 0.29) is 0 Å². The van der Waals surface area contributed by atoms with Crippen molar-refractivity contribution in [1.82, 2.24) is 9.97 Å². The average molecular weight is 436 g/mol. The molecule has 0 unspecified atom stereocenters. The fourth-order valence-corrected chi connectivity index (χ4v) is 6.17. The molecular weight excluding hydrogens is 410 g/mol. The zero-order valence-corrected chi connectivity index (χ0v) is 18.9. The maximum absolute atomic E-state index is 9.95. The molecule has 1 aliphatic carbocycles. The highest BCUT2D eigenvalue weighted by Gasteiger charge is 2.28. The Bertz CT molecular complexity index is 1090. The van der Waals surface area contributed by atoms with Crippen molar-refractivity contribution in [1.29, 1.82) is 5.26 Å². The number of rotatable bonds is 5. The second-order valence-corrected chi connectivity index (χ2v) is 9.73. The molecule has 1 fully saturated rings. The van der Waals surface area contributed by atoms with Gasteiger partial charge in [-0.1, -0.05) is 25.3 Å². The number of anilines is 3. The first-order chi connectivity index (χ1) is 14.6. The third kappa shape index (κ3) is 4.16. The highest BCUT2D eigenvalue weighted by atomic mass is 32.2. The summed E-state index contributed by atoms with van der Waals surface area (Å²) in [5.74, 6) is 0.966. The van der Waals surface area contributed by atoms with Crippen molar-refractivity contribution in [3.8, 4) is 16.6 Å². The first kappa shape index (κ1) is 20.7. The molecule has 2 aromatic heterocycles. The van der Waals surface area contributed by atoms with Gasteiger partial charge in [-0.25, -0.2) is 9.97 Å². The summed E-state index contributed by atoms with van der Waals surface area (Å²) in [6.45, 7) is 2.04. The van der Waals surface area contributed by atoms with Gasteiger partial charge in [-0.3, -0.25) is 0 Å². The van der Waals surface area contributed by atoms with Gasteiger partial charge >= 0.3 is 0 Å². The van der Waals surface area contributed by atoms with Gasteiger partial charge in [-0.05, 0) is 61.3 Å². The maximum Gasteiger partial charge on any atom is 0.227 e. The first-order valence-electron chi connectivity index (χ1n) is 10.2. The van der Waals surface area contributed by atoms with E-state index in [1.165, 1.54) is 24.8 Å². The van der Waals surface area contributed by atoms with Crippen LogP contribution in [0.3, 0.4) is 0 Å². The van der Waals surface area contributed by atoms with Gasteiger partial charge in [0.05, 0.1) is 20.3 Å². The fourth-order valence-electron chi connectivity index (χ4n) is 4.11. The Morgan fingerprint density at radius 1 is 1.27 bits per heavy atom. The SMILES string of the molecule is CSc1sc(-c2nc(Nc3cccc(N)c3)ncc2C)c(C2CCCCC2)c1C#N.